The van der Waals surface area contributed by atoms with E-state index in [1.54, 1.807) is 53.7 Å². The summed E-state index contributed by atoms with van der Waals surface area (Å²) < 4.78 is 47.7. The zero-order valence-electron chi connectivity index (χ0n) is 43.7. The largest absolute Gasteiger partial charge is 0.507 e. The predicted octanol–water partition coefficient (Wildman–Crippen LogP) is 5.89. The van der Waals surface area contributed by atoms with Crippen molar-refractivity contribution in [3.8, 4) is 11.5 Å². The predicted molar refractivity (Wildman–Crippen MR) is 265 cm³/mol. The van der Waals surface area contributed by atoms with Crippen LogP contribution in [0.15, 0.2) is 58.7 Å². The Morgan fingerprint density at radius 3 is 2.18 bits per heavy atom. The molecule has 0 spiro atoms. The van der Waals surface area contributed by atoms with Gasteiger partial charge in [-0.3, -0.25) is 4.79 Å². The summed E-state index contributed by atoms with van der Waals surface area (Å²) in [7, 11) is 1.28. The van der Waals surface area contributed by atoms with Crippen molar-refractivity contribution in [3.05, 3.63) is 80.5 Å². The van der Waals surface area contributed by atoms with Crippen LogP contribution >= 0.6 is 11.6 Å². The average molecular weight is 1040 g/mol. The highest BCUT2D eigenvalue weighted by Gasteiger charge is 2.53. The van der Waals surface area contributed by atoms with Gasteiger partial charge in [-0.05, 0) is 97.4 Å². The number of aliphatic hydroxyl groups is 5. The number of halogens is 1. The number of allylic oxidation sites excluding steroid dienone is 4. The molecule has 0 aromatic heterocycles. The van der Waals surface area contributed by atoms with Crippen molar-refractivity contribution in [2.75, 3.05) is 13.7 Å². The number of aliphatic hydroxyl groups excluding tert-OH is 5. The number of hydrogen-bond acceptors (Lipinski definition) is 18. The molecule has 404 valence electrons. The molecule has 72 heavy (non-hydrogen) atoms. The van der Waals surface area contributed by atoms with Gasteiger partial charge in [0.05, 0.1) is 47.5 Å². The summed E-state index contributed by atoms with van der Waals surface area (Å²) in [6.45, 7) is 19.6. The molecule has 19 heteroatoms. The quantitative estimate of drug-likeness (QED) is 0.0690. The molecule has 1 aromatic rings. The van der Waals surface area contributed by atoms with Crippen LogP contribution in [0, 0.1) is 18.8 Å². The molecule has 0 bridgehead atoms. The minimum Gasteiger partial charge on any atom is -0.507 e. The highest BCUT2D eigenvalue weighted by atomic mass is 35.5. The highest BCUT2D eigenvalue weighted by molar-refractivity contribution is 6.33. The van der Waals surface area contributed by atoms with Crippen molar-refractivity contribution in [1.82, 2.24) is 0 Å². The first-order valence-electron chi connectivity index (χ1n) is 24.5. The highest BCUT2D eigenvalue weighted by Crippen LogP contribution is 2.42. The van der Waals surface area contributed by atoms with Crippen LogP contribution < -0.4 is 0 Å². The van der Waals surface area contributed by atoms with Crippen LogP contribution in [0.5, 0.6) is 11.5 Å². The Balaban J connectivity index is 1.61. The lowest BCUT2D eigenvalue weighted by Crippen LogP contribution is -2.64. The van der Waals surface area contributed by atoms with Gasteiger partial charge in [0.2, 0.25) is 0 Å². The Hall–Kier alpha value is -4.18. The van der Waals surface area contributed by atoms with E-state index in [2.05, 4.69) is 0 Å². The average Bonchev–Trinajstić information content (AvgIpc) is 3.32. The lowest BCUT2D eigenvalue weighted by atomic mass is 9.88. The van der Waals surface area contributed by atoms with Gasteiger partial charge in [-0.15, -0.1) is 0 Å². The molecule has 2 fully saturated rings. The fraction of sp³-hybridized carbons (Fsp3) is 0.642. The Morgan fingerprint density at radius 1 is 0.917 bits per heavy atom. The van der Waals surface area contributed by atoms with Gasteiger partial charge >= 0.3 is 17.9 Å². The molecule has 0 amide bonds. The number of hydrogen-bond donors (Lipinski definition) is 7. The van der Waals surface area contributed by atoms with E-state index in [9.17, 15) is 50.1 Å². The monoisotopic (exact) mass is 1040 g/mol. The minimum atomic E-state index is -1.60. The smallest absolute Gasteiger partial charge is 0.342 e. The Bertz CT molecular complexity index is 2210. The van der Waals surface area contributed by atoms with Crippen molar-refractivity contribution in [2.45, 2.75) is 194 Å². The van der Waals surface area contributed by atoms with Crippen molar-refractivity contribution in [3.63, 3.8) is 0 Å². The van der Waals surface area contributed by atoms with Crippen LogP contribution in [-0.4, -0.2) is 153 Å². The Labute approximate surface area is 427 Å². The summed E-state index contributed by atoms with van der Waals surface area (Å²) in [5, 5.41) is 77.5. The fourth-order valence-electron chi connectivity index (χ4n) is 8.75. The third-order valence-corrected chi connectivity index (χ3v) is 13.7. The molecule has 3 heterocycles. The van der Waals surface area contributed by atoms with E-state index in [1.165, 1.54) is 40.0 Å². The lowest BCUT2D eigenvalue weighted by Gasteiger charge is -2.47. The molecule has 14 atom stereocenters. The zero-order valence-corrected chi connectivity index (χ0v) is 44.4. The molecule has 0 saturated carbocycles. The Morgan fingerprint density at radius 2 is 1.58 bits per heavy atom. The van der Waals surface area contributed by atoms with Crippen LogP contribution in [0.4, 0.5) is 0 Å². The molecule has 18 nitrogen and oxygen atoms in total. The SMILES string of the molecule is CCc1c(Cl)c(O)c(C)c(O)c1C(=O)O[C@H]1[C@H](O)[C@H](OC)[C@H](OC/C2=C\C=C\C[C@H](O)/C(C)=C/[C@H](CC)[C@@H](O[C@@H]3OC(C)(C)[C@@H](OC(=O)C(C)C)[C@H](O)[C@@H]3O)/C(C)=C/C(C)=C/C[C@@H]([C@@H](C)O)OC2=O)O[C@@H]1C. The van der Waals surface area contributed by atoms with E-state index in [1.807, 2.05) is 32.9 Å². The summed E-state index contributed by atoms with van der Waals surface area (Å²) in [5.74, 6) is -4.21. The van der Waals surface area contributed by atoms with Gasteiger partial charge in [0, 0.05) is 25.0 Å². The number of benzene rings is 1. The Kier molecular flexibility index (Phi) is 22.1. The van der Waals surface area contributed by atoms with Crippen LogP contribution in [0.2, 0.25) is 5.02 Å². The molecule has 1 aromatic carbocycles. The van der Waals surface area contributed by atoms with Crippen LogP contribution in [0.25, 0.3) is 0 Å². The second kappa shape index (κ2) is 26.3. The van der Waals surface area contributed by atoms with Gasteiger partial charge in [-0.1, -0.05) is 75.2 Å². The van der Waals surface area contributed by atoms with Crippen LogP contribution in [0.3, 0.4) is 0 Å². The number of carbonyl (C=O) groups excluding carboxylic acids is 3. The number of carbonyl (C=O) groups is 3. The molecule has 2 saturated heterocycles. The van der Waals surface area contributed by atoms with Crippen molar-refractivity contribution >= 4 is 29.5 Å². The second-order valence-corrected chi connectivity index (χ2v) is 20.1. The summed E-state index contributed by atoms with van der Waals surface area (Å²) in [5.41, 5.74) is 0.535. The molecule has 4 rings (SSSR count). The van der Waals surface area contributed by atoms with Gasteiger partial charge in [0.15, 0.2) is 24.8 Å². The maximum absolute atomic E-state index is 14.0. The van der Waals surface area contributed by atoms with E-state index in [0.29, 0.717) is 23.1 Å². The van der Waals surface area contributed by atoms with Gasteiger partial charge < -0.3 is 73.6 Å². The van der Waals surface area contributed by atoms with Gasteiger partial charge in [0.25, 0.3) is 0 Å². The standard InChI is InChI=1S/C53H77ClO18/c1-14-32-23-27(6)35(56)19-17-16-18-33(24-66-52-46(65-13)43(61)45(31(10)67-52)69-50(64)37-34(15-2)38(54)40(58)29(8)39(37)57)49(63)68-36(30(9)55)21-20-26(5)22-28(7)44(32)70-51-42(60)41(59)47(53(11,12)72-51)71-48(62)25(3)4/h16-18,20,22-23,25,30-32,35-36,41-47,51-52,55-61H,14-15,19,21,24H2,1-13H3/b17-16+,26-20+,27-23+,28-22+,33-18+/t30-,31-,32+,35+,36+,41-,42+,43+,44+,45-,46+,47+,51-,52-/m1/s1. The number of phenolic OH excluding ortho intramolecular Hbond substituents is 2. The number of methoxy groups -OCH3 is 1. The number of phenols is 2. The molecule has 3 aliphatic heterocycles. The molecule has 3 aliphatic rings. The van der Waals surface area contributed by atoms with E-state index in [0.717, 1.165) is 0 Å². The van der Waals surface area contributed by atoms with Crippen LogP contribution in [0.1, 0.15) is 117 Å². The summed E-state index contributed by atoms with van der Waals surface area (Å²) in [4.78, 5) is 40.1. The molecule has 0 unspecified atom stereocenters. The number of cyclic esters (lactones) is 1. The van der Waals surface area contributed by atoms with E-state index in [-0.39, 0.29) is 58.2 Å². The maximum Gasteiger partial charge on any atom is 0.342 e. The normalized spacial score (nSPS) is 34.8. The maximum atomic E-state index is 14.0. The van der Waals surface area contributed by atoms with Crippen molar-refractivity contribution in [1.29, 1.82) is 0 Å². The lowest BCUT2D eigenvalue weighted by molar-refractivity contribution is -0.333. The van der Waals surface area contributed by atoms with Crippen molar-refractivity contribution in [2.24, 2.45) is 11.8 Å². The molecule has 0 radical (unpaired) electrons. The van der Waals surface area contributed by atoms with Gasteiger partial charge in [-0.2, -0.15) is 0 Å². The minimum absolute atomic E-state index is 0.0247. The number of rotatable bonds is 13. The second-order valence-electron chi connectivity index (χ2n) is 19.7. The first-order valence-corrected chi connectivity index (χ1v) is 24.9. The summed E-state index contributed by atoms with van der Waals surface area (Å²) in [6.07, 6.45) is -5.13. The van der Waals surface area contributed by atoms with E-state index >= 15 is 0 Å². The fourth-order valence-corrected chi connectivity index (χ4v) is 9.12. The van der Waals surface area contributed by atoms with E-state index < -0.39 is 122 Å². The number of ether oxygens (including phenoxy) is 8. The first-order chi connectivity index (χ1) is 33.7. The molecular formula is C53H77ClO18. The first kappa shape index (κ1) is 60.4. The molecule has 7 N–H and O–H groups in total. The number of aromatic hydroxyl groups is 2. The topological polar surface area (TPSA) is 267 Å². The van der Waals surface area contributed by atoms with Gasteiger partial charge in [0.1, 0.15) is 53.2 Å². The molecule has 0 aliphatic carbocycles. The van der Waals surface area contributed by atoms with Crippen molar-refractivity contribution < 1.29 is 88.0 Å². The van der Waals surface area contributed by atoms with Crippen LogP contribution in [-0.2, 0) is 53.9 Å². The van der Waals surface area contributed by atoms with Gasteiger partial charge in [-0.25, -0.2) is 9.59 Å². The third kappa shape index (κ3) is 14.6. The van der Waals surface area contributed by atoms with E-state index in [4.69, 9.17) is 49.5 Å². The third-order valence-electron chi connectivity index (χ3n) is 13.3. The zero-order chi connectivity index (χ0) is 54.1. The summed E-state index contributed by atoms with van der Waals surface area (Å²) >= 11 is 6.32. The summed E-state index contributed by atoms with van der Waals surface area (Å²) in [6, 6.07) is 0. The number of esters is 3. The molecular weight excluding hydrogens is 960 g/mol.